The number of benzene rings is 1. The first-order valence-electron chi connectivity index (χ1n) is 7.36. The highest BCUT2D eigenvalue weighted by molar-refractivity contribution is 5.73. The molecule has 1 N–H and O–H groups in total. The lowest BCUT2D eigenvalue weighted by atomic mass is 10.2. The number of carbonyl (C=O) groups is 1. The van der Waals surface area contributed by atoms with Gasteiger partial charge in [0.25, 0.3) is 0 Å². The fourth-order valence-electron chi connectivity index (χ4n) is 2.68. The molecule has 1 aromatic carbocycles. The van der Waals surface area contributed by atoms with Crippen molar-refractivity contribution in [2.24, 2.45) is 0 Å². The largest absolute Gasteiger partial charge is 0.480 e. The number of nitrogens with zero attached hydrogens (tertiary/aromatic N) is 1. The maximum absolute atomic E-state index is 11.0. The molecule has 1 aromatic rings. The van der Waals surface area contributed by atoms with Crippen molar-refractivity contribution in [1.29, 1.82) is 0 Å². The Morgan fingerprint density at radius 2 is 2.10 bits per heavy atom. The van der Waals surface area contributed by atoms with Gasteiger partial charge in [-0.25, -0.2) is 0 Å². The summed E-state index contributed by atoms with van der Waals surface area (Å²) in [5.41, 5.74) is 1.29. The standard InChI is InChI=1S/C16H23NO3/c18-16(19)15-8-4-10-17(15)11-5-12-20-13-9-14-6-2-1-3-7-14/h1-3,6-7,15H,4-5,8-13H2,(H,18,19)/t15-/m1/s1. The van der Waals surface area contributed by atoms with E-state index in [1.165, 1.54) is 5.56 Å². The molecule has 0 amide bonds. The highest BCUT2D eigenvalue weighted by atomic mass is 16.5. The van der Waals surface area contributed by atoms with E-state index < -0.39 is 5.97 Å². The van der Waals surface area contributed by atoms with Crippen molar-refractivity contribution in [3.05, 3.63) is 35.9 Å². The smallest absolute Gasteiger partial charge is 0.320 e. The summed E-state index contributed by atoms with van der Waals surface area (Å²) in [5.74, 6) is -0.688. The molecular formula is C16H23NO3. The van der Waals surface area contributed by atoms with Gasteiger partial charge in [0.05, 0.1) is 6.61 Å². The molecule has 1 atom stereocenters. The quantitative estimate of drug-likeness (QED) is 0.740. The van der Waals surface area contributed by atoms with Gasteiger partial charge in [-0.3, -0.25) is 9.69 Å². The molecule has 4 heteroatoms. The van der Waals surface area contributed by atoms with Crippen LogP contribution in [0.2, 0.25) is 0 Å². The summed E-state index contributed by atoms with van der Waals surface area (Å²) in [6.45, 7) is 3.16. The van der Waals surface area contributed by atoms with Gasteiger partial charge in [-0.15, -0.1) is 0 Å². The SMILES string of the molecule is O=C(O)[C@H]1CCCN1CCCOCCc1ccccc1. The third kappa shape index (κ3) is 4.62. The fourth-order valence-corrected chi connectivity index (χ4v) is 2.68. The van der Waals surface area contributed by atoms with Crippen LogP contribution in [-0.2, 0) is 16.0 Å². The Hall–Kier alpha value is -1.39. The van der Waals surface area contributed by atoms with Gasteiger partial charge in [0.2, 0.25) is 0 Å². The second-order valence-electron chi connectivity index (χ2n) is 5.23. The minimum atomic E-state index is -0.688. The van der Waals surface area contributed by atoms with Gasteiger partial charge in [0, 0.05) is 13.2 Å². The van der Waals surface area contributed by atoms with Gasteiger partial charge in [-0.2, -0.15) is 0 Å². The van der Waals surface area contributed by atoms with Gasteiger partial charge in [0.15, 0.2) is 0 Å². The molecule has 0 radical (unpaired) electrons. The maximum Gasteiger partial charge on any atom is 0.320 e. The van der Waals surface area contributed by atoms with Crippen LogP contribution < -0.4 is 0 Å². The molecule has 0 aliphatic carbocycles. The van der Waals surface area contributed by atoms with Crippen LogP contribution in [0.25, 0.3) is 0 Å². The molecule has 110 valence electrons. The monoisotopic (exact) mass is 277 g/mol. The van der Waals surface area contributed by atoms with E-state index in [4.69, 9.17) is 9.84 Å². The van der Waals surface area contributed by atoms with E-state index in [9.17, 15) is 4.79 Å². The summed E-state index contributed by atoms with van der Waals surface area (Å²) < 4.78 is 5.62. The van der Waals surface area contributed by atoms with E-state index in [1.54, 1.807) is 0 Å². The Kier molecular flexibility index (Phi) is 6.02. The van der Waals surface area contributed by atoms with Gasteiger partial charge < -0.3 is 9.84 Å². The second kappa shape index (κ2) is 8.02. The van der Waals surface area contributed by atoms with Crippen molar-refractivity contribution in [2.75, 3.05) is 26.3 Å². The Bertz CT molecular complexity index is 407. The minimum absolute atomic E-state index is 0.278. The van der Waals surface area contributed by atoms with E-state index in [0.29, 0.717) is 6.61 Å². The van der Waals surface area contributed by atoms with Gasteiger partial charge in [-0.05, 0) is 37.8 Å². The zero-order valence-corrected chi connectivity index (χ0v) is 11.8. The average molecular weight is 277 g/mol. The van der Waals surface area contributed by atoms with Crippen LogP contribution in [0.4, 0.5) is 0 Å². The molecule has 0 spiro atoms. The number of rotatable bonds is 8. The summed E-state index contributed by atoms with van der Waals surface area (Å²) in [6, 6.07) is 10.0. The van der Waals surface area contributed by atoms with Crippen molar-refractivity contribution < 1.29 is 14.6 Å². The normalized spacial score (nSPS) is 19.3. The Morgan fingerprint density at radius 1 is 1.30 bits per heavy atom. The molecule has 2 rings (SSSR count). The van der Waals surface area contributed by atoms with E-state index in [-0.39, 0.29) is 6.04 Å². The molecule has 1 aliphatic rings. The number of ether oxygens (including phenoxy) is 1. The fraction of sp³-hybridized carbons (Fsp3) is 0.562. The minimum Gasteiger partial charge on any atom is -0.480 e. The van der Waals surface area contributed by atoms with Crippen LogP contribution in [0.3, 0.4) is 0 Å². The number of aliphatic carboxylic acids is 1. The van der Waals surface area contributed by atoms with Crippen molar-refractivity contribution in [3.63, 3.8) is 0 Å². The molecule has 0 saturated carbocycles. The maximum atomic E-state index is 11.0. The van der Waals surface area contributed by atoms with Gasteiger partial charge in [-0.1, -0.05) is 30.3 Å². The van der Waals surface area contributed by atoms with E-state index in [1.807, 2.05) is 18.2 Å². The predicted molar refractivity (Wildman–Crippen MR) is 77.8 cm³/mol. The zero-order chi connectivity index (χ0) is 14.2. The van der Waals surface area contributed by atoms with E-state index >= 15 is 0 Å². The number of carboxylic acids is 1. The summed E-state index contributed by atoms with van der Waals surface area (Å²) in [4.78, 5) is 13.1. The number of likely N-dealkylation sites (tertiary alicyclic amines) is 1. The Morgan fingerprint density at radius 3 is 2.85 bits per heavy atom. The highest BCUT2D eigenvalue weighted by Gasteiger charge is 2.29. The first-order chi connectivity index (χ1) is 9.77. The molecule has 1 aliphatic heterocycles. The molecule has 0 aromatic heterocycles. The van der Waals surface area contributed by atoms with Crippen molar-refractivity contribution >= 4 is 5.97 Å². The summed E-state index contributed by atoms with van der Waals surface area (Å²) >= 11 is 0. The van der Waals surface area contributed by atoms with Crippen LogP contribution in [0, 0.1) is 0 Å². The highest BCUT2D eigenvalue weighted by Crippen LogP contribution is 2.17. The molecule has 1 fully saturated rings. The molecule has 0 bridgehead atoms. The Balaban J connectivity index is 1.54. The lowest BCUT2D eigenvalue weighted by molar-refractivity contribution is -0.142. The second-order valence-corrected chi connectivity index (χ2v) is 5.23. The van der Waals surface area contributed by atoms with Crippen molar-refractivity contribution in [1.82, 2.24) is 4.90 Å². The van der Waals surface area contributed by atoms with Crippen LogP contribution in [0.1, 0.15) is 24.8 Å². The van der Waals surface area contributed by atoms with E-state index in [0.717, 1.165) is 45.4 Å². The first-order valence-corrected chi connectivity index (χ1v) is 7.36. The molecule has 20 heavy (non-hydrogen) atoms. The summed E-state index contributed by atoms with van der Waals surface area (Å²) in [6.07, 6.45) is 3.61. The van der Waals surface area contributed by atoms with Crippen molar-refractivity contribution in [3.8, 4) is 0 Å². The van der Waals surface area contributed by atoms with Crippen LogP contribution in [0.15, 0.2) is 30.3 Å². The van der Waals surface area contributed by atoms with Crippen molar-refractivity contribution in [2.45, 2.75) is 31.7 Å². The molecule has 1 saturated heterocycles. The van der Waals surface area contributed by atoms with Gasteiger partial charge >= 0.3 is 5.97 Å². The number of hydrogen-bond acceptors (Lipinski definition) is 3. The lowest BCUT2D eigenvalue weighted by Gasteiger charge is -2.20. The predicted octanol–water partition coefficient (Wildman–Crippen LogP) is 2.18. The zero-order valence-electron chi connectivity index (χ0n) is 11.8. The number of hydrogen-bond donors (Lipinski definition) is 1. The molecule has 4 nitrogen and oxygen atoms in total. The Labute approximate surface area is 120 Å². The summed E-state index contributed by atoms with van der Waals surface area (Å²) in [5, 5.41) is 9.08. The van der Waals surface area contributed by atoms with Crippen LogP contribution >= 0.6 is 0 Å². The van der Waals surface area contributed by atoms with Crippen LogP contribution in [0.5, 0.6) is 0 Å². The van der Waals surface area contributed by atoms with Gasteiger partial charge in [0.1, 0.15) is 6.04 Å². The average Bonchev–Trinajstić information content (AvgIpc) is 2.92. The van der Waals surface area contributed by atoms with E-state index in [2.05, 4.69) is 17.0 Å². The third-order valence-electron chi connectivity index (χ3n) is 3.76. The summed E-state index contributed by atoms with van der Waals surface area (Å²) in [7, 11) is 0. The third-order valence-corrected chi connectivity index (χ3v) is 3.76. The first kappa shape index (κ1) is 15.0. The van der Waals surface area contributed by atoms with Crippen LogP contribution in [-0.4, -0.2) is 48.3 Å². The molecule has 1 heterocycles. The number of carboxylic acid groups (broad SMARTS) is 1. The lowest BCUT2D eigenvalue weighted by Crippen LogP contribution is -2.36. The molecule has 0 unspecified atom stereocenters. The molecular weight excluding hydrogens is 254 g/mol. The topological polar surface area (TPSA) is 49.8 Å².